The maximum atomic E-state index is 5.06. The van der Waals surface area contributed by atoms with Crippen LogP contribution in [-0.4, -0.2) is 22.3 Å². The summed E-state index contributed by atoms with van der Waals surface area (Å²) < 4.78 is 5.06. The van der Waals surface area contributed by atoms with Crippen LogP contribution in [0.2, 0.25) is 0 Å². The van der Waals surface area contributed by atoms with Crippen LogP contribution in [0.25, 0.3) is 11.3 Å². The molecule has 70 valence electrons. The molecule has 0 bridgehead atoms. The summed E-state index contributed by atoms with van der Waals surface area (Å²) in [6.45, 7) is 0. The molecule has 2 rings (SSSR count). The van der Waals surface area contributed by atoms with E-state index in [0.717, 1.165) is 17.0 Å². The number of rotatable bonds is 2. The molecule has 0 aliphatic rings. The number of aromatic nitrogens is 3. The lowest BCUT2D eigenvalue weighted by atomic mass is 10.1. The molecule has 0 amide bonds. The highest BCUT2D eigenvalue weighted by molar-refractivity contribution is 5.58. The Morgan fingerprint density at radius 1 is 1.07 bits per heavy atom. The van der Waals surface area contributed by atoms with Gasteiger partial charge in [0.15, 0.2) is 0 Å². The molecule has 1 heterocycles. The Hall–Kier alpha value is -1.97. The topological polar surface area (TPSA) is 47.9 Å². The molecule has 0 radical (unpaired) electrons. The van der Waals surface area contributed by atoms with E-state index in [-0.39, 0.29) is 0 Å². The standard InChI is InChI=1S/C10H9N3O/c1-14-9-4-2-8(3-5-9)10-6-12-13-7-11-10/h2-7H,1H3. The van der Waals surface area contributed by atoms with E-state index in [1.54, 1.807) is 13.3 Å². The van der Waals surface area contributed by atoms with Crippen molar-refractivity contribution in [2.75, 3.05) is 7.11 Å². The van der Waals surface area contributed by atoms with Crippen molar-refractivity contribution >= 4 is 0 Å². The first-order valence-electron chi connectivity index (χ1n) is 4.17. The molecule has 2 aromatic rings. The summed E-state index contributed by atoms with van der Waals surface area (Å²) in [5.74, 6) is 0.829. The molecular weight excluding hydrogens is 178 g/mol. The van der Waals surface area contributed by atoms with Gasteiger partial charge in [-0.05, 0) is 24.3 Å². The number of hydrogen-bond donors (Lipinski definition) is 0. The lowest BCUT2D eigenvalue weighted by molar-refractivity contribution is 0.415. The summed E-state index contributed by atoms with van der Waals surface area (Å²) in [6, 6.07) is 7.64. The van der Waals surface area contributed by atoms with Crippen LogP contribution >= 0.6 is 0 Å². The quantitative estimate of drug-likeness (QED) is 0.715. The second kappa shape index (κ2) is 3.83. The first kappa shape index (κ1) is 8.62. The average Bonchev–Trinajstić information content (AvgIpc) is 2.30. The fraction of sp³-hybridized carbons (Fsp3) is 0.100. The van der Waals surface area contributed by atoms with Gasteiger partial charge in [-0.15, -0.1) is 5.10 Å². The largest absolute Gasteiger partial charge is 0.497 e. The zero-order chi connectivity index (χ0) is 9.80. The van der Waals surface area contributed by atoms with Gasteiger partial charge in [0, 0.05) is 5.56 Å². The molecule has 4 heteroatoms. The summed E-state index contributed by atoms with van der Waals surface area (Å²) in [5, 5.41) is 7.38. The Balaban J connectivity index is 2.34. The van der Waals surface area contributed by atoms with Crippen LogP contribution in [0.5, 0.6) is 5.75 Å². The van der Waals surface area contributed by atoms with Gasteiger partial charge < -0.3 is 4.74 Å². The molecule has 0 N–H and O–H groups in total. The van der Waals surface area contributed by atoms with Crippen LogP contribution in [0.3, 0.4) is 0 Å². The van der Waals surface area contributed by atoms with E-state index < -0.39 is 0 Å². The van der Waals surface area contributed by atoms with Crippen molar-refractivity contribution in [3.63, 3.8) is 0 Å². The fourth-order valence-electron chi connectivity index (χ4n) is 1.15. The molecule has 0 saturated carbocycles. The lowest BCUT2D eigenvalue weighted by Gasteiger charge is -2.01. The summed E-state index contributed by atoms with van der Waals surface area (Å²) in [7, 11) is 1.64. The van der Waals surface area contributed by atoms with E-state index in [0.29, 0.717) is 0 Å². The molecule has 0 atom stereocenters. The maximum Gasteiger partial charge on any atom is 0.138 e. The third-order valence-electron chi connectivity index (χ3n) is 1.88. The van der Waals surface area contributed by atoms with Crippen LogP contribution in [0, 0.1) is 0 Å². The Bertz CT molecular complexity index is 399. The van der Waals surface area contributed by atoms with Gasteiger partial charge in [0.2, 0.25) is 0 Å². The molecule has 1 aromatic carbocycles. The van der Waals surface area contributed by atoms with Crippen molar-refractivity contribution in [3.8, 4) is 17.0 Å². The average molecular weight is 187 g/mol. The van der Waals surface area contributed by atoms with Crippen molar-refractivity contribution in [2.24, 2.45) is 0 Å². The van der Waals surface area contributed by atoms with Crippen molar-refractivity contribution in [2.45, 2.75) is 0 Å². The highest BCUT2D eigenvalue weighted by Crippen LogP contribution is 2.18. The maximum absolute atomic E-state index is 5.06. The summed E-state index contributed by atoms with van der Waals surface area (Å²) >= 11 is 0. The van der Waals surface area contributed by atoms with Crippen molar-refractivity contribution in [1.82, 2.24) is 15.2 Å². The van der Waals surface area contributed by atoms with E-state index in [1.165, 1.54) is 6.33 Å². The number of ether oxygens (including phenoxy) is 1. The van der Waals surface area contributed by atoms with Crippen LogP contribution in [0.4, 0.5) is 0 Å². The van der Waals surface area contributed by atoms with Crippen LogP contribution in [-0.2, 0) is 0 Å². The van der Waals surface area contributed by atoms with Gasteiger partial charge in [0.25, 0.3) is 0 Å². The van der Waals surface area contributed by atoms with Gasteiger partial charge in [-0.25, -0.2) is 4.98 Å². The van der Waals surface area contributed by atoms with E-state index in [4.69, 9.17) is 4.74 Å². The van der Waals surface area contributed by atoms with Gasteiger partial charge in [-0.1, -0.05) is 0 Å². The highest BCUT2D eigenvalue weighted by atomic mass is 16.5. The van der Waals surface area contributed by atoms with Gasteiger partial charge >= 0.3 is 0 Å². The molecule has 1 aromatic heterocycles. The van der Waals surface area contributed by atoms with Gasteiger partial charge in [0.05, 0.1) is 19.0 Å². The number of benzene rings is 1. The monoisotopic (exact) mass is 187 g/mol. The third kappa shape index (κ3) is 1.69. The predicted octanol–water partition coefficient (Wildman–Crippen LogP) is 1.55. The Morgan fingerprint density at radius 2 is 1.86 bits per heavy atom. The molecule has 0 fully saturated rings. The van der Waals surface area contributed by atoms with Crippen LogP contribution in [0.15, 0.2) is 36.8 Å². The Morgan fingerprint density at radius 3 is 2.43 bits per heavy atom. The van der Waals surface area contributed by atoms with Gasteiger partial charge in [-0.3, -0.25) is 0 Å². The highest BCUT2D eigenvalue weighted by Gasteiger charge is 1.98. The number of methoxy groups -OCH3 is 1. The van der Waals surface area contributed by atoms with E-state index in [9.17, 15) is 0 Å². The number of nitrogens with zero attached hydrogens (tertiary/aromatic N) is 3. The minimum atomic E-state index is 0.808. The fourth-order valence-corrected chi connectivity index (χ4v) is 1.15. The molecule has 0 saturated heterocycles. The molecule has 0 unspecified atom stereocenters. The van der Waals surface area contributed by atoms with Gasteiger partial charge in [-0.2, -0.15) is 5.10 Å². The normalized spacial score (nSPS) is 9.79. The number of hydrogen-bond acceptors (Lipinski definition) is 4. The second-order valence-electron chi connectivity index (χ2n) is 2.72. The first-order chi connectivity index (χ1) is 6.90. The van der Waals surface area contributed by atoms with Crippen LogP contribution in [0.1, 0.15) is 0 Å². The Labute approximate surface area is 81.6 Å². The van der Waals surface area contributed by atoms with E-state index >= 15 is 0 Å². The van der Waals surface area contributed by atoms with E-state index in [1.807, 2.05) is 24.3 Å². The zero-order valence-electron chi connectivity index (χ0n) is 7.71. The Kier molecular flexibility index (Phi) is 2.36. The second-order valence-corrected chi connectivity index (χ2v) is 2.72. The van der Waals surface area contributed by atoms with Crippen molar-refractivity contribution in [3.05, 3.63) is 36.8 Å². The summed E-state index contributed by atoms with van der Waals surface area (Å²) in [4.78, 5) is 4.09. The third-order valence-corrected chi connectivity index (χ3v) is 1.88. The molecule has 0 aliphatic heterocycles. The molecule has 4 nitrogen and oxygen atoms in total. The van der Waals surface area contributed by atoms with E-state index in [2.05, 4.69) is 15.2 Å². The molecule has 0 aliphatic carbocycles. The van der Waals surface area contributed by atoms with Crippen molar-refractivity contribution < 1.29 is 4.74 Å². The molecule has 14 heavy (non-hydrogen) atoms. The lowest BCUT2D eigenvalue weighted by Crippen LogP contribution is -1.87. The smallest absolute Gasteiger partial charge is 0.138 e. The molecular formula is C10H9N3O. The van der Waals surface area contributed by atoms with Crippen LogP contribution < -0.4 is 4.74 Å². The SMILES string of the molecule is COc1ccc(-c2cnncn2)cc1. The summed E-state index contributed by atoms with van der Waals surface area (Å²) in [5.41, 5.74) is 1.81. The summed E-state index contributed by atoms with van der Waals surface area (Å²) in [6.07, 6.45) is 3.06. The van der Waals surface area contributed by atoms with Crippen molar-refractivity contribution in [1.29, 1.82) is 0 Å². The molecule has 0 spiro atoms. The zero-order valence-corrected chi connectivity index (χ0v) is 7.71. The minimum absolute atomic E-state index is 0.808. The van der Waals surface area contributed by atoms with Gasteiger partial charge in [0.1, 0.15) is 12.1 Å². The predicted molar refractivity (Wildman–Crippen MR) is 51.8 cm³/mol. The first-order valence-corrected chi connectivity index (χ1v) is 4.17. The minimum Gasteiger partial charge on any atom is -0.497 e.